The molecule has 1 aliphatic heterocycles. The number of nitrogens with one attached hydrogen (secondary N) is 1. The minimum atomic E-state index is -0.578. The summed E-state index contributed by atoms with van der Waals surface area (Å²) in [4.78, 5) is 0. The van der Waals surface area contributed by atoms with Gasteiger partial charge in [-0.1, -0.05) is 28.1 Å². The molecular weight excluding hydrogens is 318 g/mol. The van der Waals surface area contributed by atoms with Crippen LogP contribution in [-0.4, -0.2) is 5.79 Å². The number of halogens is 1. The number of anilines is 1. The van der Waals surface area contributed by atoms with Crippen molar-refractivity contribution in [3.05, 3.63) is 52.5 Å². The number of hydrogen-bond donors (Lipinski definition) is 1. The Labute approximate surface area is 127 Å². The normalized spacial score (nSPS) is 15.2. The van der Waals surface area contributed by atoms with Gasteiger partial charge in [0.2, 0.25) is 5.79 Å². The average molecular weight is 334 g/mol. The molecule has 0 saturated carbocycles. The van der Waals surface area contributed by atoms with Crippen LogP contribution in [0.15, 0.2) is 46.9 Å². The number of ether oxygens (including phenoxy) is 2. The summed E-state index contributed by atoms with van der Waals surface area (Å²) in [6.07, 6.45) is 0. The van der Waals surface area contributed by atoms with Crippen molar-refractivity contribution in [3.8, 4) is 11.5 Å². The molecule has 2 aromatic rings. The first-order valence-electron chi connectivity index (χ1n) is 6.52. The standard InChI is InChI=1S/C16H16BrNO2/c1-16(2)19-14-7-6-13(9-15(14)20-16)18-10-11-4-3-5-12(17)8-11/h3-9,18H,10H2,1-2H3. The lowest BCUT2D eigenvalue weighted by Gasteiger charge is -2.16. The van der Waals surface area contributed by atoms with E-state index in [1.807, 2.05) is 44.2 Å². The maximum Gasteiger partial charge on any atom is 0.246 e. The van der Waals surface area contributed by atoms with E-state index in [4.69, 9.17) is 9.47 Å². The Hall–Kier alpha value is -1.68. The molecule has 0 aliphatic carbocycles. The van der Waals surface area contributed by atoms with Crippen molar-refractivity contribution in [2.75, 3.05) is 5.32 Å². The van der Waals surface area contributed by atoms with Crippen molar-refractivity contribution in [1.82, 2.24) is 0 Å². The molecule has 0 atom stereocenters. The number of fused-ring (bicyclic) bond motifs is 1. The molecule has 0 bridgehead atoms. The van der Waals surface area contributed by atoms with Crippen molar-refractivity contribution < 1.29 is 9.47 Å². The van der Waals surface area contributed by atoms with Gasteiger partial charge in [0.1, 0.15) is 0 Å². The Kier molecular flexibility index (Phi) is 3.34. The molecule has 3 rings (SSSR count). The molecule has 104 valence electrons. The average Bonchev–Trinajstić information content (AvgIpc) is 2.69. The van der Waals surface area contributed by atoms with E-state index >= 15 is 0 Å². The van der Waals surface area contributed by atoms with Crippen LogP contribution in [0.5, 0.6) is 11.5 Å². The van der Waals surface area contributed by atoms with Crippen LogP contribution in [0.4, 0.5) is 5.69 Å². The van der Waals surface area contributed by atoms with Gasteiger partial charge in [0.15, 0.2) is 11.5 Å². The number of rotatable bonds is 3. The molecule has 0 spiro atoms. The summed E-state index contributed by atoms with van der Waals surface area (Å²) in [6.45, 7) is 4.58. The maximum absolute atomic E-state index is 5.74. The molecule has 1 N–H and O–H groups in total. The molecule has 0 saturated heterocycles. The van der Waals surface area contributed by atoms with E-state index in [0.29, 0.717) is 0 Å². The Morgan fingerprint density at radius 3 is 2.65 bits per heavy atom. The summed E-state index contributed by atoms with van der Waals surface area (Å²) in [7, 11) is 0. The lowest BCUT2D eigenvalue weighted by Crippen LogP contribution is -2.29. The van der Waals surface area contributed by atoms with E-state index in [1.54, 1.807) is 0 Å². The lowest BCUT2D eigenvalue weighted by atomic mass is 10.2. The van der Waals surface area contributed by atoms with Crippen molar-refractivity contribution in [2.45, 2.75) is 26.2 Å². The van der Waals surface area contributed by atoms with Crippen LogP contribution in [0.1, 0.15) is 19.4 Å². The third-order valence-electron chi connectivity index (χ3n) is 3.04. The highest BCUT2D eigenvalue weighted by molar-refractivity contribution is 9.10. The maximum atomic E-state index is 5.74. The molecule has 2 aromatic carbocycles. The molecule has 4 heteroatoms. The fourth-order valence-electron chi connectivity index (χ4n) is 2.18. The van der Waals surface area contributed by atoms with Gasteiger partial charge in [0, 0.05) is 36.6 Å². The SMILES string of the molecule is CC1(C)Oc2ccc(NCc3cccc(Br)c3)cc2O1. The van der Waals surface area contributed by atoms with Crippen molar-refractivity contribution in [2.24, 2.45) is 0 Å². The van der Waals surface area contributed by atoms with Crippen LogP contribution in [0, 0.1) is 0 Å². The molecule has 0 radical (unpaired) electrons. The first-order chi connectivity index (χ1) is 9.52. The van der Waals surface area contributed by atoms with Crippen LogP contribution < -0.4 is 14.8 Å². The molecule has 3 nitrogen and oxygen atoms in total. The quantitative estimate of drug-likeness (QED) is 0.892. The minimum absolute atomic E-state index is 0.578. The summed E-state index contributed by atoms with van der Waals surface area (Å²) in [5.74, 6) is 1.00. The van der Waals surface area contributed by atoms with E-state index in [9.17, 15) is 0 Å². The predicted molar refractivity (Wildman–Crippen MR) is 83.2 cm³/mol. The third-order valence-corrected chi connectivity index (χ3v) is 3.53. The minimum Gasteiger partial charge on any atom is -0.449 e. The summed E-state index contributed by atoms with van der Waals surface area (Å²) < 4.78 is 12.5. The van der Waals surface area contributed by atoms with Gasteiger partial charge in [-0.05, 0) is 29.8 Å². The monoisotopic (exact) mass is 333 g/mol. The summed E-state index contributed by atoms with van der Waals surface area (Å²) in [6, 6.07) is 14.2. The van der Waals surface area contributed by atoms with Crippen molar-refractivity contribution in [3.63, 3.8) is 0 Å². The summed E-state index contributed by atoms with van der Waals surface area (Å²) >= 11 is 3.48. The molecule has 0 unspecified atom stereocenters. The Morgan fingerprint density at radius 2 is 1.85 bits per heavy atom. The molecule has 1 aliphatic rings. The topological polar surface area (TPSA) is 30.5 Å². The molecular formula is C16H16BrNO2. The largest absolute Gasteiger partial charge is 0.449 e. The van der Waals surface area contributed by atoms with Crippen molar-refractivity contribution >= 4 is 21.6 Å². The van der Waals surface area contributed by atoms with Gasteiger partial charge >= 0.3 is 0 Å². The Morgan fingerprint density at radius 1 is 1.05 bits per heavy atom. The van der Waals surface area contributed by atoms with Gasteiger partial charge in [0.05, 0.1) is 0 Å². The van der Waals surface area contributed by atoms with E-state index in [0.717, 1.165) is 28.2 Å². The summed E-state index contributed by atoms with van der Waals surface area (Å²) in [5, 5.41) is 3.39. The first kappa shape index (κ1) is 13.3. The zero-order chi connectivity index (χ0) is 14.2. The van der Waals surface area contributed by atoms with Crippen LogP contribution in [0.2, 0.25) is 0 Å². The Bertz CT molecular complexity index is 640. The molecule has 0 fully saturated rings. The second-order valence-electron chi connectivity index (χ2n) is 5.25. The molecule has 1 heterocycles. The fraction of sp³-hybridized carbons (Fsp3) is 0.250. The van der Waals surface area contributed by atoms with Gasteiger partial charge in [0.25, 0.3) is 0 Å². The highest BCUT2D eigenvalue weighted by atomic mass is 79.9. The van der Waals surface area contributed by atoms with Gasteiger partial charge in [-0.2, -0.15) is 0 Å². The van der Waals surface area contributed by atoms with E-state index in [2.05, 4.69) is 33.4 Å². The fourth-order valence-corrected chi connectivity index (χ4v) is 2.63. The van der Waals surface area contributed by atoms with E-state index in [1.165, 1.54) is 5.56 Å². The lowest BCUT2D eigenvalue weighted by molar-refractivity contribution is -0.0431. The van der Waals surface area contributed by atoms with Gasteiger partial charge in [-0.25, -0.2) is 0 Å². The van der Waals surface area contributed by atoms with Crippen LogP contribution in [0.25, 0.3) is 0 Å². The van der Waals surface area contributed by atoms with Crippen LogP contribution in [0.3, 0.4) is 0 Å². The van der Waals surface area contributed by atoms with E-state index < -0.39 is 5.79 Å². The van der Waals surface area contributed by atoms with Gasteiger partial charge < -0.3 is 14.8 Å². The zero-order valence-electron chi connectivity index (χ0n) is 11.4. The van der Waals surface area contributed by atoms with Crippen molar-refractivity contribution in [1.29, 1.82) is 0 Å². The molecule has 0 aromatic heterocycles. The van der Waals surface area contributed by atoms with E-state index in [-0.39, 0.29) is 0 Å². The highest BCUT2D eigenvalue weighted by Crippen LogP contribution is 2.40. The smallest absolute Gasteiger partial charge is 0.246 e. The molecule has 0 amide bonds. The number of hydrogen-bond acceptors (Lipinski definition) is 3. The predicted octanol–water partition coefficient (Wildman–Crippen LogP) is 4.57. The zero-order valence-corrected chi connectivity index (χ0v) is 13.0. The second kappa shape index (κ2) is 5.02. The van der Waals surface area contributed by atoms with Crippen LogP contribution >= 0.6 is 15.9 Å². The van der Waals surface area contributed by atoms with Gasteiger partial charge in [-0.15, -0.1) is 0 Å². The highest BCUT2D eigenvalue weighted by Gasteiger charge is 2.31. The third kappa shape index (κ3) is 2.90. The summed E-state index contributed by atoms with van der Waals surface area (Å²) in [5.41, 5.74) is 2.24. The Balaban J connectivity index is 1.71. The van der Waals surface area contributed by atoms with Gasteiger partial charge in [-0.3, -0.25) is 0 Å². The first-order valence-corrected chi connectivity index (χ1v) is 7.31. The van der Waals surface area contributed by atoms with Crippen LogP contribution in [-0.2, 0) is 6.54 Å². The molecule has 20 heavy (non-hydrogen) atoms. The second-order valence-corrected chi connectivity index (χ2v) is 6.16. The number of benzene rings is 2.